The second-order valence-electron chi connectivity index (χ2n) is 6.51. The third kappa shape index (κ3) is 6.93. The van der Waals surface area contributed by atoms with E-state index in [1.807, 2.05) is 0 Å². The van der Waals surface area contributed by atoms with E-state index in [9.17, 15) is 22.8 Å². The Bertz CT molecular complexity index is 814. The maximum Gasteiger partial charge on any atom is 0.416 e. The predicted molar refractivity (Wildman–Crippen MR) is 101 cm³/mol. The molecule has 0 amide bonds. The van der Waals surface area contributed by atoms with Crippen molar-refractivity contribution >= 4 is 11.9 Å². The van der Waals surface area contributed by atoms with Gasteiger partial charge in [0.2, 0.25) is 0 Å². The first-order chi connectivity index (χ1) is 13.8. The Labute approximate surface area is 167 Å². The Morgan fingerprint density at radius 1 is 0.828 bits per heavy atom. The Hall–Kier alpha value is -2.83. The Kier molecular flexibility index (Phi) is 8.24. The summed E-state index contributed by atoms with van der Waals surface area (Å²) in [6, 6.07) is 10.5. The summed E-state index contributed by atoms with van der Waals surface area (Å²) in [6.45, 7) is 2.14. The fourth-order valence-corrected chi connectivity index (χ4v) is 2.63. The van der Waals surface area contributed by atoms with Crippen LogP contribution in [0, 0.1) is 0 Å². The summed E-state index contributed by atoms with van der Waals surface area (Å²) >= 11 is 0. The van der Waals surface area contributed by atoms with Crippen LogP contribution in [-0.2, 0) is 22.3 Å². The molecule has 0 saturated heterocycles. The minimum Gasteiger partial charge on any atom is -0.462 e. The van der Waals surface area contributed by atoms with Gasteiger partial charge in [-0.3, -0.25) is 0 Å². The average Bonchev–Trinajstić information content (AvgIpc) is 2.71. The molecular weight excluding hydrogens is 385 g/mol. The van der Waals surface area contributed by atoms with Crippen LogP contribution in [0.4, 0.5) is 13.2 Å². The summed E-state index contributed by atoms with van der Waals surface area (Å²) in [7, 11) is 0. The molecule has 0 unspecified atom stereocenters. The van der Waals surface area contributed by atoms with Crippen molar-refractivity contribution in [2.75, 3.05) is 6.61 Å². The van der Waals surface area contributed by atoms with E-state index >= 15 is 0 Å². The maximum atomic E-state index is 12.6. The molecule has 0 spiro atoms. The number of halogens is 3. The van der Waals surface area contributed by atoms with Gasteiger partial charge in [-0.15, -0.1) is 0 Å². The van der Waals surface area contributed by atoms with E-state index in [0.717, 1.165) is 37.8 Å². The van der Waals surface area contributed by atoms with Crippen molar-refractivity contribution in [1.82, 2.24) is 0 Å². The van der Waals surface area contributed by atoms with Gasteiger partial charge in [0.15, 0.2) is 0 Å². The maximum absolute atomic E-state index is 12.6. The molecule has 156 valence electrons. The van der Waals surface area contributed by atoms with Crippen molar-refractivity contribution in [1.29, 1.82) is 0 Å². The normalized spacial score (nSPS) is 11.2. The van der Waals surface area contributed by atoms with Crippen LogP contribution >= 0.6 is 0 Å². The first-order valence-corrected chi connectivity index (χ1v) is 9.42. The smallest absolute Gasteiger partial charge is 0.416 e. The second kappa shape index (κ2) is 10.6. The lowest BCUT2D eigenvalue weighted by Crippen LogP contribution is -2.14. The van der Waals surface area contributed by atoms with Crippen LogP contribution in [0.15, 0.2) is 48.5 Å². The predicted octanol–water partition coefficient (Wildman–Crippen LogP) is 5.80. The third-order valence-electron chi connectivity index (χ3n) is 4.25. The molecule has 2 aromatic carbocycles. The summed E-state index contributed by atoms with van der Waals surface area (Å²) in [4.78, 5) is 24.6. The zero-order chi connectivity index (χ0) is 21.3. The fourth-order valence-electron chi connectivity index (χ4n) is 2.63. The first-order valence-electron chi connectivity index (χ1n) is 9.42. The molecule has 0 aliphatic heterocycles. The second-order valence-corrected chi connectivity index (χ2v) is 6.51. The summed E-state index contributed by atoms with van der Waals surface area (Å²) in [6.07, 6.45) is -0.586. The Morgan fingerprint density at radius 3 is 1.97 bits per heavy atom. The molecule has 4 nitrogen and oxygen atoms in total. The van der Waals surface area contributed by atoms with Crippen LogP contribution in [0.1, 0.15) is 64.4 Å². The molecule has 0 aliphatic carbocycles. The number of hydrogen-bond donors (Lipinski definition) is 0. The highest BCUT2D eigenvalue weighted by Crippen LogP contribution is 2.29. The van der Waals surface area contributed by atoms with Gasteiger partial charge in [0.25, 0.3) is 0 Å². The van der Waals surface area contributed by atoms with Crippen LogP contribution in [0.25, 0.3) is 0 Å². The molecule has 29 heavy (non-hydrogen) atoms. The summed E-state index contributed by atoms with van der Waals surface area (Å²) in [5.74, 6) is -1.35. The number of esters is 2. The molecule has 7 heteroatoms. The molecule has 0 heterocycles. The van der Waals surface area contributed by atoms with Gasteiger partial charge in [-0.1, -0.05) is 50.5 Å². The Balaban J connectivity index is 1.96. The third-order valence-corrected chi connectivity index (χ3v) is 4.25. The molecule has 0 aliphatic rings. The molecular formula is C22H23F3O4. The zero-order valence-corrected chi connectivity index (χ0v) is 16.1. The van der Waals surface area contributed by atoms with Gasteiger partial charge in [-0.25, -0.2) is 9.59 Å². The molecule has 0 atom stereocenters. The number of ether oxygens (including phenoxy) is 2. The number of benzene rings is 2. The standard InChI is InChI=1S/C22H23F3O4/c1-2-3-4-7-14-28-20(26)18-8-5-6-9-19(18)21(27)29-15-16-10-12-17(13-11-16)22(23,24)25/h5-6,8-13H,2-4,7,14-15H2,1H3. The molecule has 0 radical (unpaired) electrons. The van der Waals surface area contributed by atoms with Gasteiger partial charge in [-0.05, 0) is 36.2 Å². The highest BCUT2D eigenvalue weighted by molar-refractivity contribution is 6.03. The number of hydrogen-bond acceptors (Lipinski definition) is 4. The number of alkyl halides is 3. The fraction of sp³-hybridized carbons (Fsp3) is 0.364. The van der Waals surface area contributed by atoms with Crippen molar-refractivity contribution in [2.45, 2.75) is 45.4 Å². The van der Waals surface area contributed by atoms with Gasteiger partial charge < -0.3 is 9.47 Å². The van der Waals surface area contributed by atoms with E-state index in [0.29, 0.717) is 5.56 Å². The molecule has 2 aromatic rings. The van der Waals surface area contributed by atoms with Crippen LogP contribution in [0.5, 0.6) is 0 Å². The van der Waals surface area contributed by atoms with Gasteiger partial charge in [-0.2, -0.15) is 13.2 Å². The lowest BCUT2D eigenvalue weighted by atomic mass is 10.1. The highest BCUT2D eigenvalue weighted by atomic mass is 19.4. The Morgan fingerprint density at radius 2 is 1.41 bits per heavy atom. The molecule has 0 fully saturated rings. The minimum absolute atomic E-state index is 0.0537. The van der Waals surface area contributed by atoms with E-state index in [1.54, 1.807) is 12.1 Å². The van der Waals surface area contributed by atoms with E-state index in [1.165, 1.54) is 24.3 Å². The van der Waals surface area contributed by atoms with E-state index in [-0.39, 0.29) is 24.3 Å². The number of carbonyl (C=O) groups excluding carboxylic acids is 2. The quantitative estimate of drug-likeness (QED) is 0.389. The summed E-state index contributed by atoms with van der Waals surface area (Å²) < 4.78 is 48.2. The SMILES string of the molecule is CCCCCCOC(=O)c1ccccc1C(=O)OCc1ccc(C(F)(F)F)cc1. The van der Waals surface area contributed by atoms with Crippen LogP contribution in [-0.4, -0.2) is 18.5 Å². The number of rotatable bonds is 9. The van der Waals surface area contributed by atoms with Crippen molar-refractivity contribution in [3.63, 3.8) is 0 Å². The lowest BCUT2D eigenvalue weighted by molar-refractivity contribution is -0.137. The van der Waals surface area contributed by atoms with Crippen molar-refractivity contribution in [3.05, 3.63) is 70.8 Å². The minimum atomic E-state index is -4.43. The van der Waals surface area contributed by atoms with Crippen molar-refractivity contribution in [2.24, 2.45) is 0 Å². The number of unbranched alkanes of at least 4 members (excludes halogenated alkanes) is 3. The van der Waals surface area contributed by atoms with Gasteiger partial charge in [0, 0.05) is 0 Å². The molecule has 0 saturated carbocycles. The lowest BCUT2D eigenvalue weighted by Gasteiger charge is -2.11. The number of carbonyl (C=O) groups is 2. The van der Waals surface area contributed by atoms with Crippen molar-refractivity contribution < 1.29 is 32.2 Å². The average molecular weight is 408 g/mol. The van der Waals surface area contributed by atoms with E-state index in [4.69, 9.17) is 9.47 Å². The molecule has 0 N–H and O–H groups in total. The first kappa shape index (κ1) is 22.5. The van der Waals surface area contributed by atoms with E-state index in [2.05, 4.69) is 6.92 Å². The largest absolute Gasteiger partial charge is 0.462 e. The summed E-state index contributed by atoms with van der Waals surface area (Å²) in [5.41, 5.74) is -0.222. The van der Waals surface area contributed by atoms with Gasteiger partial charge in [0.05, 0.1) is 23.3 Å². The highest BCUT2D eigenvalue weighted by Gasteiger charge is 2.30. The monoisotopic (exact) mass is 408 g/mol. The summed E-state index contributed by atoms with van der Waals surface area (Å²) in [5, 5.41) is 0. The van der Waals surface area contributed by atoms with Crippen LogP contribution < -0.4 is 0 Å². The van der Waals surface area contributed by atoms with E-state index < -0.39 is 23.7 Å². The van der Waals surface area contributed by atoms with Crippen LogP contribution in [0.2, 0.25) is 0 Å². The van der Waals surface area contributed by atoms with Gasteiger partial charge in [0.1, 0.15) is 6.61 Å². The topological polar surface area (TPSA) is 52.6 Å². The van der Waals surface area contributed by atoms with Gasteiger partial charge >= 0.3 is 18.1 Å². The molecule has 0 aromatic heterocycles. The molecule has 0 bridgehead atoms. The van der Waals surface area contributed by atoms with Crippen LogP contribution in [0.3, 0.4) is 0 Å². The zero-order valence-electron chi connectivity index (χ0n) is 16.1. The molecule has 2 rings (SSSR count). The van der Waals surface area contributed by atoms with Crippen molar-refractivity contribution in [3.8, 4) is 0 Å².